The third-order valence-corrected chi connectivity index (χ3v) is 3.04. The molecule has 0 aliphatic carbocycles. The first-order valence-corrected chi connectivity index (χ1v) is 6.02. The quantitative estimate of drug-likeness (QED) is 0.521. The van der Waals surface area contributed by atoms with Crippen LogP contribution in [0.15, 0.2) is 53.7 Å². The van der Waals surface area contributed by atoms with Crippen molar-refractivity contribution in [1.82, 2.24) is 0 Å². The summed E-state index contributed by atoms with van der Waals surface area (Å²) in [4.78, 5) is 0. The third-order valence-electron chi connectivity index (χ3n) is 3.04. The van der Waals surface area contributed by atoms with Crippen molar-refractivity contribution < 1.29 is 14.7 Å². The Bertz CT molecular complexity index is 608. The Hall–Kier alpha value is -2.49. The van der Waals surface area contributed by atoms with Gasteiger partial charge in [-0.3, -0.25) is 0 Å². The first-order valence-electron chi connectivity index (χ1n) is 6.02. The van der Waals surface area contributed by atoms with E-state index in [0.29, 0.717) is 17.9 Å². The fraction of sp³-hybridized carbons (Fsp3) is 0.133. The molecule has 1 aliphatic heterocycles. The lowest BCUT2D eigenvalue weighted by Crippen LogP contribution is -2.05. The first-order chi connectivity index (χ1) is 9.36. The summed E-state index contributed by atoms with van der Waals surface area (Å²) in [6.07, 6.45) is 0.566. The molecule has 96 valence electrons. The Morgan fingerprint density at radius 2 is 1.84 bits per heavy atom. The zero-order valence-electron chi connectivity index (χ0n) is 10.2. The predicted molar refractivity (Wildman–Crippen MR) is 71.0 cm³/mol. The standard InChI is InChI=1S/C15H13NO3/c17-16-13(8-11-4-2-1-3-5-11)12-6-7-14-15(9-12)19-10-18-14/h1-7,9,17H,8,10H2/b16-13-. The van der Waals surface area contributed by atoms with Crippen molar-refractivity contribution in [1.29, 1.82) is 0 Å². The van der Waals surface area contributed by atoms with Gasteiger partial charge in [-0.05, 0) is 23.8 Å². The topological polar surface area (TPSA) is 51.1 Å². The van der Waals surface area contributed by atoms with Gasteiger partial charge in [0.2, 0.25) is 6.79 Å². The van der Waals surface area contributed by atoms with Gasteiger partial charge in [0, 0.05) is 12.0 Å². The van der Waals surface area contributed by atoms with E-state index < -0.39 is 0 Å². The van der Waals surface area contributed by atoms with E-state index in [1.165, 1.54) is 0 Å². The van der Waals surface area contributed by atoms with Crippen LogP contribution in [0.1, 0.15) is 11.1 Å². The SMILES string of the molecule is O/N=C(/Cc1ccccc1)c1ccc2c(c1)OCO2. The van der Waals surface area contributed by atoms with Gasteiger partial charge < -0.3 is 14.7 Å². The summed E-state index contributed by atoms with van der Waals surface area (Å²) in [5.41, 5.74) is 2.52. The molecule has 1 heterocycles. The van der Waals surface area contributed by atoms with Gasteiger partial charge in [-0.2, -0.15) is 0 Å². The molecule has 0 atom stereocenters. The Labute approximate surface area is 110 Å². The van der Waals surface area contributed by atoms with Crippen molar-refractivity contribution in [2.24, 2.45) is 5.16 Å². The van der Waals surface area contributed by atoms with Crippen LogP contribution in [0.3, 0.4) is 0 Å². The molecule has 0 fully saturated rings. The third kappa shape index (κ3) is 2.38. The molecule has 0 amide bonds. The van der Waals surface area contributed by atoms with Crippen LogP contribution in [0.5, 0.6) is 11.5 Å². The predicted octanol–water partition coefficient (Wildman–Crippen LogP) is 2.84. The summed E-state index contributed by atoms with van der Waals surface area (Å²) in [5, 5.41) is 12.6. The number of oxime groups is 1. The normalized spacial score (nSPS) is 13.6. The fourth-order valence-corrected chi connectivity index (χ4v) is 2.06. The lowest BCUT2D eigenvalue weighted by atomic mass is 10.0. The molecule has 2 aromatic rings. The van der Waals surface area contributed by atoms with Crippen LogP contribution < -0.4 is 9.47 Å². The summed E-state index contributed by atoms with van der Waals surface area (Å²) >= 11 is 0. The molecule has 0 aromatic heterocycles. The van der Waals surface area contributed by atoms with Crippen LogP contribution in [-0.2, 0) is 6.42 Å². The van der Waals surface area contributed by atoms with Crippen LogP contribution in [0.4, 0.5) is 0 Å². The summed E-state index contributed by atoms with van der Waals surface area (Å²) in [7, 11) is 0. The van der Waals surface area contributed by atoms with Gasteiger partial charge in [-0.1, -0.05) is 35.5 Å². The van der Waals surface area contributed by atoms with E-state index >= 15 is 0 Å². The minimum atomic E-state index is 0.239. The van der Waals surface area contributed by atoms with E-state index in [1.807, 2.05) is 48.5 Å². The van der Waals surface area contributed by atoms with E-state index in [4.69, 9.17) is 9.47 Å². The highest BCUT2D eigenvalue weighted by molar-refractivity contribution is 6.02. The smallest absolute Gasteiger partial charge is 0.231 e. The highest BCUT2D eigenvalue weighted by atomic mass is 16.7. The number of hydrogen-bond acceptors (Lipinski definition) is 4. The van der Waals surface area contributed by atoms with Gasteiger partial charge in [0.1, 0.15) is 0 Å². The van der Waals surface area contributed by atoms with Crippen LogP contribution in [0.2, 0.25) is 0 Å². The summed E-state index contributed by atoms with van der Waals surface area (Å²) < 4.78 is 10.6. The van der Waals surface area contributed by atoms with Gasteiger partial charge in [0.15, 0.2) is 11.5 Å². The van der Waals surface area contributed by atoms with E-state index in [2.05, 4.69) is 5.16 Å². The van der Waals surface area contributed by atoms with E-state index in [-0.39, 0.29) is 6.79 Å². The highest BCUT2D eigenvalue weighted by Gasteiger charge is 2.15. The number of rotatable bonds is 3. The van der Waals surface area contributed by atoms with Gasteiger partial charge in [-0.15, -0.1) is 0 Å². The molecule has 0 saturated heterocycles. The molecule has 19 heavy (non-hydrogen) atoms. The maximum Gasteiger partial charge on any atom is 0.231 e. The van der Waals surface area contributed by atoms with Crippen molar-refractivity contribution in [2.45, 2.75) is 6.42 Å². The average Bonchev–Trinajstić information content (AvgIpc) is 2.93. The van der Waals surface area contributed by atoms with Crippen LogP contribution in [-0.4, -0.2) is 17.7 Å². The fourth-order valence-electron chi connectivity index (χ4n) is 2.06. The monoisotopic (exact) mass is 255 g/mol. The molecule has 0 unspecified atom stereocenters. The van der Waals surface area contributed by atoms with Gasteiger partial charge >= 0.3 is 0 Å². The molecule has 0 bridgehead atoms. The molecule has 2 aromatic carbocycles. The summed E-state index contributed by atoms with van der Waals surface area (Å²) in [6.45, 7) is 0.239. The highest BCUT2D eigenvalue weighted by Crippen LogP contribution is 2.32. The molecule has 1 N–H and O–H groups in total. The van der Waals surface area contributed by atoms with E-state index in [0.717, 1.165) is 16.9 Å². The maximum absolute atomic E-state index is 9.21. The first kappa shape index (κ1) is 11.6. The molecular weight excluding hydrogens is 242 g/mol. The van der Waals surface area contributed by atoms with Crippen molar-refractivity contribution in [3.8, 4) is 11.5 Å². The van der Waals surface area contributed by atoms with Crippen LogP contribution in [0, 0.1) is 0 Å². The van der Waals surface area contributed by atoms with Crippen molar-refractivity contribution in [2.75, 3.05) is 6.79 Å². The lowest BCUT2D eigenvalue weighted by molar-refractivity contribution is 0.174. The molecule has 1 aliphatic rings. The number of nitrogens with zero attached hydrogens (tertiary/aromatic N) is 1. The Morgan fingerprint density at radius 3 is 2.63 bits per heavy atom. The number of fused-ring (bicyclic) bond motifs is 1. The number of benzene rings is 2. The lowest BCUT2D eigenvalue weighted by Gasteiger charge is -2.06. The number of hydrogen-bond donors (Lipinski definition) is 1. The second-order valence-corrected chi connectivity index (χ2v) is 4.28. The average molecular weight is 255 g/mol. The Kier molecular flexibility index (Phi) is 3.06. The van der Waals surface area contributed by atoms with Crippen LogP contribution >= 0.6 is 0 Å². The Morgan fingerprint density at radius 1 is 1.05 bits per heavy atom. The van der Waals surface area contributed by atoms with Gasteiger partial charge in [0.25, 0.3) is 0 Å². The molecule has 4 nitrogen and oxygen atoms in total. The molecule has 3 rings (SSSR count). The largest absolute Gasteiger partial charge is 0.454 e. The Balaban J connectivity index is 1.87. The van der Waals surface area contributed by atoms with Crippen molar-refractivity contribution >= 4 is 5.71 Å². The second kappa shape index (κ2) is 5.02. The molecule has 0 saturated carbocycles. The zero-order chi connectivity index (χ0) is 13.1. The van der Waals surface area contributed by atoms with Gasteiger partial charge in [0.05, 0.1) is 5.71 Å². The number of ether oxygens (including phenoxy) is 2. The van der Waals surface area contributed by atoms with Crippen LogP contribution in [0.25, 0.3) is 0 Å². The molecular formula is C15H13NO3. The van der Waals surface area contributed by atoms with Gasteiger partial charge in [-0.25, -0.2) is 0 Å². The summed E-state index contributed by atoms with van der Waals surface area (Å²) in [5.74, 6) is 1.41. The van der Waals surface area contributed by atoms with E-state index in [9.17, 15) is 5.21 Å². The minimum Gasteiger partial charge on any atom is -0.454 e. The van der Waals surface area contributed by atoms with E-state index in [1.54, 1.807) is 0 Å². The molecule has 0 spiro atoms. The molecule has 0 radical (unpaired) electrons. The summed E-state index contributed by atoms with van der Waals surface area (Å²) in [6, 6.07) is 15.4. The van der Waals surface area contributed by atoms with Crippen molar-refractivity contribution in [3.63, 3.8) is 0 Å². The second-order valence-electron chi connectivity index (χ2n) is 4.28. The zero-order valence-corrected chi connectivity index (χ0v) is 10.2. The molecule has 4 heteroatoms. The van der Waals surface area contributed by atoms with Crippen molar-refractivity contribution in [3.05, 3.63) is 59.7 Å². The minimum absolute atomic E-state index is 0.239. The maximum atomic E-state index is 9.21.